The highest BCUT2D eigenvalue weighted by molar-refractivity contribution is 8.00. The summed E-state index contributed by atoms with van der Waals surface area (Å²) in [7, 11) is 0. The average molecular weight is 486 g/mol. The Bertz CT molecular complexity index is 1290. The maximum absolute atomic E-state index is 12.8. The summed E-state index contributed by atoms with van der Waals surface area (Å²) in [5, 5.41) is 14.0. The van der Waals surface area contributed by atoms with Gasteiger partial charge in [-0.25, -0.2) is 0 Å². The lowest BCUT2D eigenvalue weighted by Crippen LogP contribution is -2.24. The molecule has 0 saturated carbocycles. The fourth-order valence-electron chi connectivity index (χ4n) is 3.25. The summed E-state index contributed by atoms with van der Waals surface area (Å²) in [6.45, 7) is 8.65. The first kappa shape index (κ1) is 24.5. The summed E-state index contributed by atoms with van der Waals surface area (Å²) in [6.07, 6.45) is 0. The Hall–Kier alpha value is -3.17. The van der Waals surface area contributed by atoms with Gasteiger partial charge in [-0.15, -0.1) is 10.2 Å². The standard InChI is InChI=1S/C23H24ClN5O3S/c1-11-9-12(2)19(25-15(5)30)16(10-11)20-22(32)27-23(29-28-20)33-14(4)21(31)26-18-8-6-7-17(24)13(18)3/h6-10,14H,1-5H3,(H,25,30)(H,26,31)(H,27,29,32)/t14-/m0/s1. The lowest BCUT2D eigenvalue weighted by Gasteiger charge is -2.14. The largest absolute Gasteiger partial charge is 0.325 e. The van der Waals surface area contributed by atoms with Crippen LogP contribution in [0.3, 0.4) is 0 Å². The second-order valence-electron chi connectivity index (χ2n) is 7.66. The molecule has 0 aliphatic rings. The summed E-state index contributed by atoms with van der Waals surface area (Å²) in [5.74, 6) is -0.520. The molecule has 33 heavy (non-hydrogen) atoms. The molecule has 8 nitrogen and oxygen atoms in total. The lowest BCUT2D eigenvalue weighted by molar-refractivity contribution is -0.115. The van der Waals surface area contributed by atoms with Gasteiger partial charge in [-0.1, -0.05) is 41.1 Å². The molecule has 0 saturated heterocycles. The van der Waals surface area contributed by atoms with Gasteiger partial charge < -0.3 is 10.6 Å². The van der Waals surface area contributed by atoms with E-state index < -0.39 is 10.8 Å². The van der Waals surface area contributed by atoms with Crippen molar-refractivity contribution in [2.75, 3.05) is 10.6 Å². The van der Waals surface area contributed by atoms with Crippen molar-refractivity contribution in [2.24, 2.45) is 0 Å². The highest BCUT2D eigenvalue weighted by Gasteiger charge is 2.20. The highest BCUT2D eigenvalue weighted by atomic mass is 35.5. The van der Waals surface area contributed by atoms with Gasteiger partial charge in [0.15, 0.2) is 10.9 Å². The summed E-state index contributed by atoms with van der Waals surface area (Å²) in [4.78, 5) is 39.8. The van der Waals surface area contributed by atoms with Crippen LogP contribution in [0.1, 0.15) is 30.5 Å². The minimum atomic E-state index is -0.560. The molecule has 172 valence electrons. The molecule has 0 spiro atoms. The van der Waals surface area contributed by atoms with E-state index in [-0.39, 0.29) is 22.7 Å². The first-order valence-corrected chi connectivity index (χ1v) is 11.4. The second-order valence-corrected chi connectivity index (χ2v) is 9.39. The predicted octanol–water partition coefficient (Wildman–Crippen LogP) is 4.49. The molecule has 0 fully saturated rings. The molecule has 2 amide bonds. The molecule has 3 rings (SSSR count). The molecule has 3 N–H and O–H groups in total. The van der Waals surface area contributed by atoms with E-state index in [0.717, 1.165) is 28.5 Å². The van der Waals surface area contributed by atoms with E-state index >= 15 is 0 Å². The number of rotatable bonds is 6. The van der Waals surface area contributed by atoms with Gasteiger partial charge in [-0.3, -0.25) is 19.4 Å². The van der Waals surface area contributed by atoms with E-state index in [1.54, 1.807) is 31.2 Å². The van der Waals surface area contributed by atoms with Gasteiger partial charge in [0.05, 0.1) is 10.9 Å². The van der Waals surface area contributed by atoms with Crippen LogP contribution in [0, 0.1) is 20.8 Å². The number of H-pyrrole nitrogens is 1. The number of benzene rings is 2. The quantitative estimate of drug-likeness (QED) is 0.443. The van der Waals surface area contributed by atoms with Crippen LogP contribution >= 0.6 is 23.4 Å². The average Bonchev–Trinajstić information content (AvgIpc) is 2.73. The van der Waals surface area contributed by atoms with Gasteiger partial charge in [0, 0.05) is 23.2 Å². The third-order valence-electron chi connectivity index (χ3n) is 4.90. The molecule has 0 radical (unpaired) electrons. The SMILES string of the molecule is CC(=O)Nc1c(C)cc(C)cc1-c1nnc(S[C@@H](C)C(=O)Nc2cccc(Cl)c2C)[nH]c1=O. The number of aryl methyl sites for hydroxylation is 2. The number of hydrogen-bond acceptors (Lipinski definition) is 6. The van der Waals surface area contributed by atoms with Gasteiger partial charge in [0.1, 0.15) is 0 Å². The fraction of sp³-hybridized carbons (Fsp3) is 0.261. The van der Waals surface area contributed by atoms with Crippen molar-refractivity contribution in [3.8, 4) is 11.3 Å². The maximum atomic E-state index is 12.8. The zero-order valence-electron chi connectivity index (χ0n) is 18.9. The van der Waals surface area contributed by atoms with Crippen LogP contribution in [-0.2, 0) is 9.59 Å². The van der Waals surface area contributed by atoms with Crippen LogP contribution in [0.5, 0.6) is 0 Å². The molecule has 10 heteroatoms. The number of carbonyl (C=O) groups is 2. The van der Waals surface area contributed by atoms with E-state index in [0.29, 0.717) is 22.0 Å². The number of aromatic nitrogens is 3. The molecule has 1 aromatic heterocycles. The lowest BCUT2D eigenvalue weighted by atomic mass is 10.0. The van der Waals surface area contributed by atoms with Crippen LogP contribution in [-0.4, -0.2) is 32.2 Å². The first-order chi connectivity index (χ1) is 15.6. The third-order valence-corrected chi connectivity index (χ3v) is 6.28. The molecular weight excluding hydrogens is 462 g/mol. The zero-order valence-corrected chi connectivity index (χ0v) is 20.4. The molecular formula is C23H24ClN5O3S. The Morgan fingerprint density at radius 1 is 1.12 bits per heavy atom. The smallest absolute Gasteiger partial charge is 0.278 e. The summed E-state index contributed by atoms with van der Waals surface area (Å²) in [6, 6.07) is 8.95. The fourth-order valence-corrected chi connectivity index (χ4v) is 4.16. The number of nitrogens with one attached hydrogen (secondary N) is 3. The van der Waals surface area contributed by atoms with Crippen molar-refractivity contribution in [1.82, 2.24) is 15.2 Å². The van der Waals surface area contributed by atoms with E-state index in [1.807, 2.05) is 26.8 Å². The molecule has 0 bridgehead atoms. The Labute approximate surface area is 200 Å². The maximum Gasteiger partial charge on any atom is 0.278 e. The van der Waals surface area contributed by atoms with Crippen molar-refractivity contribution in [1.29, 1.82) is 0 Å². The number of halogens is 1. The number of carbonyl (C=O) groups excluding carboxylic acids is 2. The summed E-state index contributed by atoms with van der Waals surface area (Å²) < 4.78 is 0. The van der Waals surface area contributed by atoms with Crippen LogP contribution < -0.4 is 16.2 Å². The van der Waals surface area contributed by atoms with Gasteiger partial charge in [0.25, 0.3) is 5.56 Å². The molecule has 3 aromatic rings. The van der Waals surface area contributed by atoms with Crippen molar-refractivity contribution >= 4 is 46.6 Å². The van der Waals surface area contributed by atoms with Crippen molar-refractivity contribution in [3.05, 3.63) is 62.4 Å². The number of aromatic amines is 1. The summed E-state index contributed by atoms with van der Waals surface area (Å²) in [5.41, 5.74) is 3.72. The predicted molar refractivity (Wildman–Crippen MR) is 132 cm³/mol. The zero-order chi connectivity index (χ0) is 24.3. The third kappa shape index (κ3) is 5.80. The van der Waals surface area contributed by atoms with Crippen molar-refractivity contribution < 1.29 is 9.59 Å². The topological polar surface area (TPSA) is 117 Å². The molecule has 2 aromatic carbocycles. The number of thioether (sulfide) groups is 1. The van der Waals surface area contributed by atoms with Crippen LogP contribution in [0.25, 0.3) is 11.3 Å². The van der Waals surface area contributed by atoms with Crippen LogP contribution in [0.15, 0.2) is 40.3 Å². The first-order valence-electron chi connectivity index (χ1n) is 10.2. The number of amides is 2. The van der Waals surface area contributed by atoms with E-state index in [9.17, 15) is 14.4 Å². The van der Waals surface area contributed by atoms with Crippen LogP contribution in [0.2, 0.25) is 5.02 Å². The highest BCUT2D eigenvalue weighted by Crippen LogP contribution is 2.30. The molecule has 0 unspecified atom stereocenters. The Morgan fingerprint density at radius 2 is 1.85 bits per heavy atom. The molecule has 0 aliphatic heterocycles. The Kier molecular flexibility index (Phi) is 7.55. The van der Waals surface area contributed by atoms with E-state index in [4.69, 9.17) is 11.6 Å². The molecule has 1 atom stereocenters. The van der Waals surface area contributed by atoms with Crippen molar-refractivity contribution in [3.63, 3.8) is 0 Å². The molecule has 0 aliphatic carbocycles. The minimum Gasteiger partial charge on any atom is -0.325 e. The van der Waals surface area contributed by atoms with Gasteiger partial charge in [0.2, 0.25) is 11.8 Å². The number of nitrogens with zero attached hydrogens (tertiary/aromatic N) is 2. The number of hydrogen-bond donors (Lipinski definition) is 3. The summed E-state index contributed by atoms with van der Waals surface area (Å²) >= 11 is 7.19. The second kappa shape index (κ2) is 10.2. The van der Waals surface area contributed by atoms with Gasteiger partial charge in [-0.2, -0.15) is 0 Å². The van der Waals surface area contributed by atoms with Gasteiger partial charge in [-0.05, 0) is 57.0 Å². The Morgan fingerprint density at radius 3 is 2.52 bits per heavy atom. The minimum absolute atomic E-state index is 0.0848. The molecule has 1 heterocycles. The monoisotopic (exact) mass is 485 g/mol. The van der Waals surface area contributed by atoms with Crippen LogP contribution in [0.4, 0.5) is 11.4 Å². The van der Waals surface area contributed by atoms with Gasteiger partial charge >= 0.3 is 0 Å². The Balaban J connectivity index is 1.83. The van der Waals surface area contributed by atoms with E-state index in [2.05, 4.69) is 25.8 Å². The van der Waals surface area contributed by atoms with Crippen molar-refractivity contribution in [2.45, 2.75) is 45.0 Å². The number of anilines is 2. The van der Waals surface area contributed by atoms with E-state index in [1.165, 1.54) is 6.92 Å². The normalized spacial score (nSPS) is 11.7.